The van der Waals surface area contributed by atoms with Gasteiger partial charge < -0.3 is 10.5 Å². The fourth-order valence-corrected chi connectivity index (χ4v) is 1.46. The van der Waals surface area contributed by atoms with Crippen molar-refractivity contribution < 1.29 is 4.74 Å². The number of ether oxygens (including phenoxy) is 1. The first kappa shape index (κ1) is 10.7. The maximum absolute atomic E-state index is 5.82. The van der Waals surface area contributed by atoms with Gasteiger partial charge in [-0.1, -0.05) is 28.1 Å². The number of hydrogen-bond acceptors (Lipinski definition) is 2. The van der Waals surface area contributed by atoms with E-state index in [0.717, 1.165) is 10.9 Å². The molecule has 2 nitrogen and oxygen atoms in total. The second-order valence-corrected chi connectivity index (χ2v) is 3.96. The third-order valence-corrected chi connectivity index (χ3v) is 2.32. The number of benzene rings is 1. The summed E-state index contributed by atoms with van der Waals surface area (Å²) < 4.78 is 6.06. The van der Waals surface area contributed by atoms with E-state index in [-0.39, 0.29) is 6.04 Å². The zero-order chi connectivity index (χ0) is 9.68. The highest BCUT2D eigenvalue weighted by Crippen LogP contribution is 2.11. The molecule has 0 saturated carbocycles. The molecule has 3 heteroatoms. The van der Waals surface area contributed by atoms with Crippen LogP contribution in [-0.2, 0) is 11.2 Å². The van der Waals surface area contributed by atoms with Crippen LogP contribution < -0.4 is 5.73 Å². The first-order chi connectivity index (χ1) is 6.22. The zero-order valence-corrected chi connectivity index (χ0v) is 9.25. The van der Waals surface area contributed by atoms with E-state index in [0.29, 0.717) is 6.61 Å². The van der Waals surface area contributed by atoms with Crippen LogP contribution in [-0.4, -0.2) is 19.8 Å². The highest BCUT2D eigenvalue weighted by Gasteiger charge is 2.02. The average Bonchev–Trinajstić information content (AvgIpc) is 2.09. The third-order valence-electron chi connectivity index (χ3n) is 1.79. The quantitative estimate of drug-likeness (QED) is 0.878. The monoisotopic (exact) mass is 243 g/mol. The summed E-state index contributed by atoms with van der Waals surface area (Å²) in [5.74, 6) is 0. The predicted molar refractivity (Wildman–Crippen MR) is 57.7 cm³/mol. The van der Waals surface area contributed by atoms with Gasteiger partial charge in [-0.05, 0) is 24.1 Å². The van der Waals surface area contributed by atoms with Crippen molar-refractivity contribution in [1.82, 2.24) is 0 Å². The van der Waals surface area contributed by atoms with Crippen molar-refractivity contribution in [2.45, 2.75) is 12.5 Å². The second-order valence-electron chi connectivity index (χ2n) is 3.05. The Labute approximate surface area is 87.2 Å². The summed E-state index contributed by atoms with van der Waals surface area (Å²) in [6.45, 7) is 0.607. The van der Waals surface area contributed by atoms with E-state index in [4.69, 9.17) is 10.5 Å². The smallest absolute Gasteiger partial charge is 0.0616 e. The van der Waals surface area contributed by atoms with Crippen LogP contribution in [0.1, 0.15) is 5.56 Å². The molecule has 2 N–H and O–H groups in total. The van der Waals surface area contributed by atoms with Gasteiger partial charge in [0.1, 0.15) is 0 Å². The molecule has 1 atom stereocenters. The number of rotatable bonds is 4. The van der Waals surface area contributed by atoms with Gasteiger partial charge >= 0.3 is 0 Å². The Morgan fingerprint density at radius 2 is 2.00 bits per heavy atom. The summed E-state index contributed by atoms with van der Waals surface area (Å²) in [5, 5.41) is 0. The number of nitrogens with two attached hydrogens (primary N) is 1. The molecule has 13 heavy (non-hydrogen) atoms. The number of methoxy groups -OCH3 is 1. The molecule has 0 aliphatic rings. The van der Waals surface area contributed by atoms with Gasteiger partial charge in [0.25, 0.3) is 0 Å². The molecular weight excluding hydrogens is 230 g/mol. The van der Waals surface area contributed by atoms with Crippen LogP contribution >= 0.6 is 15.9 Å². The van der Waals surface area contributed by atoms with Gasteiger partial charge in [-0.3, -0.25) is 0 Å². The summed E-state index contributed by atoms with van der Waals surface area (Å²) in [6.07, 6.45) is 0.862. The molecule has 1 aromatic carbocycles. The fraction of sp³-hybridized carbons (Fsp3) is 0.400. The molecular formula is C10H14BrNO. The Morgan fingerprint density at radius 3 is 2.54 bits per heavy atom. The van der Waals surface area contributed by atoms with Crippen LogP contribution in [0.2, 0.25) is 0 Å². The summed E-state index contributed by atoms with van der Waals surface area (Å²) in [7, 11) is 1.67. The third kappa shape index (κ3) is 3.89. The minimum absolute atomic E-state index is 0.0891. The topological polar surface area (TPSA) is 35.2 Å². The Bertz CT molecular complexity index is 248. The first-order valence-electron chi connectivity index (χ1n) is 4.21. The molecule has 0 radical (unpaired) electrons. The SMILES string of the molecule is COC[C@@H](N)Cc1ccc(Br)cc1. The molecule has 0 heterocycles. The van der Waals surface area contributed by atoms with Crippen LogP contribution in [0.25, 0.3) is 0 Å². The van der Waals surface area contributed by atoms with Crippen LogP contribution in [0.5, 0.6) is 0 Å². The van der Waals surface area contributed by atoms with Crippen LogP contribution in [0, 0.1) is 0 Å². The minimum Gasteiger partial charge on any atom is -0.383 e. The van der Waals surface area contributed by atoms with Crippen molar-refractivity contribution in [3.8, 4) is 0 Å². The lowest BCUT2D eigenvalue weighted by Gasteiger charge is -2.09. The Balaban J connectivity index is 2.49. The van der Waals surface area contributed by atoms with Gasteiger partial charge in [0, 0.05) is 17.6 Å². The van der Waals surface area contributed by atoms with E-state index in [1.807, 2.05) is 12.1 Å². The Hall–Kier alpha value is -0.380. The van der Waals surface area contributed by atoms with E-state index < -0.39 is 0 Å². The lowest BCUT2D eigenvalue weighted by atomic mass is 10.1. The van der Waals surface area contributed by atoms with Crippen molar-refractivity contribution >= 4 is 15.9 Å². The van der Waals surface area contributed by atoms with Crippen LogP contribution in [0.15, 0.2) is 28.7 Å². The fourth-order valence-electron chi connectivity index (χ4n) is 1.20. The van der Waals surface area contributed by atoms with Gasteiger partial charge in [0.2, 0.25) is 0 Å². The molecule has 0 aliphatic heterocycles. The molecule has 0 amide bonds. The van der Waals surface area contributed by atoms with Crippen LogP contribution in [0.4, 0.5) is 0 Å². The van der Waals surface area contributed by atoms with Crippen molar-refractivity contribution in [2.24, 2.45) is 5.73 Å². The van der Waals surface area contributed by atoms with Gasteiger partial charge in [-0.2, -0.15) is 0 Å². The molecule has 0 aromatic heterocycles. The van der Waals surface area contributed by atoms with E-state index in [2.05, 4.69) is 28.1 Å². The van der Waals surface area contributed by atoms with Gasteiger partial charge in [-0.25, -0.2) is 0 Å². The standard InChI is InChI=1S/C10H14BrNO/c1-13-7-10(12)6-8-2-4-9(11)5-3-8/h2-5,10H,6-7,12H2,1H3/t10-/m0/s1. The van der Waals surface area contributed by atoms with E-state index >= 15 is 0 Å². The van der Waals surface area contributed by atoms with Crippen molar-refractivity contribution in [3.05, 3.63) is 34.3 Å². The maximum Gasteiger partial charge on any atom is 0.0616 e. The van der Waals surface area contributed by atoms with Gasteiger partial charge in [-0.15, -0.1) is 0 Å². The van der Waals surface area contributed by atoms with Crippen molar-refractivity contribution in [3.63, 3.8) is 0 Å². The van der Waals surface area contributed by atoms with E-state index in [9.17, 15) is 0 Å². The minimum atomic E-state index is 0.0891. The lowest BCUT2D eigenvalue weighted by molar-refractivity contribution is 0.180. The highest BCUT2D eigenvalue weighted by molar-refractivity contribution is 9.10. The molecule has 1 aromatic rings. The Kier molecular flexibility index (Phi) is 4.42. The maximum atomic E-state index is 5.82. The van der Waals surface area contributed by atoms with Crippen LogP contribution in [0.3, 0.4) is 0 Å². The molecule has 0 fully saturated rings. The average molecular weight is 244 g/mol. The molecule has 0 aliphatic carbocycles. The largest absolute Gasteiger partial charge is 0.383 e. The summed E-state index contributed by atoms with van der Waals surface area (Å²) >= 11 is 3.39. The molecule has 0 bridgehead atoms. The van der Waals surface area contributed by atoms with Gasteiger partial charge in [0.05, 0.1) is 6.61 Å². The zero-order valence-electron chi connectivity index (χ0n) is 7.66. The van der Waals surface area contributed by atoms with Gasteiger partial charge in [0.15, 0.2) is 0 Å². The molecule has 1 rings (SSSR count). The predicted octanol–water partition coefficient (Wildman–Crippen LogP) is 1.97. The summed E-state index contributed by atoms with van der Waals surface area (Å²) in [5.41, 5.74) is 7.06. The highest BCUT2D eigenvalue weighted by atomic mass is 79.9. The van der Waals surface area contributed by atoms with Crippen molar-refractivity contribution in [2.75, 3.05) is 13.7 Å². The molecule has 0 unspecified atom stereocenters. The number of halogens is 1. The molecule has 72 valence electrons. The molecule has 0 spiro atoms. The van der Waals surface area contributed by atoms with E-state index in [1.54, 1.807) is 7.11 Å². The molecule has 0 saturated heterocycles. The summed E-state index contributed by atoms with van der Waals surface area (Å²) in [6, 6.07) is 8.27. The second kappa shape index (κ2) is 5.37. The van der Waals surface area contributed by atoms with E-state index in [1.165, 1.54) is 5.56 Å². The normalized spacial score (nSPS) is 12.8. The first-order valence-corrected chi connectivity index (χ1v) is 5.00. The number of hydrogen-bond donors (Lipinski definition) is 1. The lowest BCUT2D eigenvalue weighted by Crippen LogP contribution is -2.27. The summed E-state index contributed by atoms with van der Waals surface area (Å²) in [4.78, 5) is 0. The Morgan fingerprint density at radius 1 is 1.38 bits per heavy atom. The van der Waals surface area contributed by atoms with Crippen molar-refractivity contribution in [1.29, 1.82) is 0 Å².